The molecule has 1 aromatic carbocycles. The third-order valence-corrected chi connectivity index (χ3v) is 5.01. The van der Waals surface area contributed by atoms with Crippen LogP contribution in [0.2, 0.25) is 0 Å². The van der Waals surface area contributed by atoms with E-state index in [1.54, 1.807) is 17.4 Å². The normalized spacial score (nSPS) is 15.6. The third kappa shape index (κ3) is 2.12. The smallest absolute Gasteiger partial charge is 0.129 e. The van der Waals surface area contributed by atoms with E-state index in [9.17, 15) is 4.39 Å². The van der Waals surface area contributed by atoms with Crippen LogP contribution in [0.25, 0.3) is 0 Å². The predicted molar refractivity (Wildman–Crippen MR) is 78.7 cm³/mol. The fraction of sp³-hybridized carbons (Fsp3) is 0.333. The predicted octanol–water partition coefficient (Wildman–Crippen LogP) is 3.75. The van der Waals surface area contributed by atoms with E-state index in [-0.39, 0.29) is 11.9 Å². The molecule has 1 aliphatic rings. The molecule has 0 fully saturated rings. The van der Waals surface area contributed by atoms with Crippen molar-refractivity contribution in [2.45, 2.75) is 32.9 Å². The number of aromatic nitrogens is 1. The van der Waals surface area contributed by atoms with Crippen molar-refractivity contribution in [1.29, 1.82) is 5.41 Å². The van der Waals surface area contributed by atoms with Gasteiger partial charge < -0.3 is 4.90 Å². The molecule has 1 aromatic heterocycles. The molecule has 1 atom stereocenters. The molecule has 104 valence electrons. The van der Waals surface area contributed by atoms with Crippen LogP contribution in [0.5, 0.6) is 0 Å². The van der Waals surface area contributed by atoms with Crippen LogP contribution in [-0.4, -0.2) is 15.7 Å². The molecule has 2 heterocycles. The number of thiazole rings is 1. The van der Waals surface area contributed by atoms with Crippen LogP contribution < -0.4 is 0 Å². The summed E-state index contributed by atoms with van der Waals surface area (Å²) in [6.07, 6.45) is 2.89. The van der Waals surface area contributed by atoms with Gasteiger partial charge in [-0.1, -0.05) is 13.0 Å². The zero-order valence-corrected chi connectivity index (χ0v) is 12.3. The highest BCUT2D eigenvalue weighted by Gasteiger charge is 2.30. The molecule has 0 bridgehead atoms. The molecule has 0 saturated heterocycles. The SMILES string of the molecule is CCc1cnc(C(C)N2Cc3ccc(F)cc3C2=N)s1. The summed E-state index contributed by atoms with van der Waals surface area (Å²) >= 11 is 1.69. The largest absolute Gasteiger partial charge is 0.343 e. The average molecular weight is 289 g/mol. The molecular formula is C15H16FN3S. The molecule has 0 saturated carbocycles. The van der Waals surface area contributed by atoms with Gasteiger partial charge in [-0.3, -0.25) is 5.41 Å². The van der Waals surface area contributed by atoms with Crippen molar-refractivity contribution in [3.8, 4) is 0 Å². The zero-order chi connectivity index (χ0) is 14.3. The van der Waals surface area contributed by atoms with Gasteiger partial charge >= 0.3 is 0 Å². The number of benzene rings is 1. The number of fused-ring (bicyclic) bond motifs is 1. The summed E-state index contributed by atoms with van der Waals surface area (Å²) in [4.78, 5) is 7.68. The Hall–Kier alpha value is -1.75. The first kappa shape index (κ1) is 13.2. The van der Waals surface area contributed by atoms with Gasteiger partial charge in [0.2, 0.25) is 0 Å². The first-order valence-electron chi connectivity index (χ1n) is 6.68. The zero-order valence-electron chi connectivity index (χ0n) is 11.5. The van der Waals surface area contributed by atoms with Crippen molar-refractivity contribution in [3.05, 3.63) is 51.2 Å². The van der Waals surface area contributed by atoms with E-state index in [1.165, 1.54) is 17.0 Å². The highest BCUT2D eigenvalue weighted by Crippen LogP contribution is 2.33. The van der Waals surface area contributed by atoms with Gasteiger partial charge in [-0.25, -0.2) is 9.37 Å². The number of hydrogen-bond acceptors (Lipinski definition) is 3. The van der Waals surface area contributed by atoms with Crippen LogP contribution >= 0.6 is 11.3 Å². The summed E-state index contributed by atoms with van der Waals surface area (Å²) in [5.41, 5.74) is 1.71. The molecule has 2 aromatic rings. The first-order valence-corrected chi connectivity index (χ1v) is 7.50. The second-order valence-corrected chi connectivity index (χ2v) is 6.12. The minimum Gasteiger partial charge on any atom is -0.343 e. The summed E-state index contributed by atoms with van der Waals surface area (Å²) in [5.74, 6) is 0.103. The van der Waals surface area contributed by atoms with Gasteiger partial charge in [0.05, 0.1) is 6.04 Å². The van der Waals surface area contributed by atoms with Gasteiger partial charge in [0.15, 0.2) is 0 Å². The maximum atomic E-state index is 13.3. The minimum absolute atomic E-state index is 0.0447. The van der Waals surface area contributed by atoms with Crippen LogP contribution in [0, 0.1) is 11.2 Å². The lowest BCUT2D eigenvalue weighted by Gasteiger charge is -2.24. The molecule has 0 aliphatic carbocycles. The molecule has 1 N–H and O–H groups in total. The van der Waals surface area contributed by atoms with Crippen molar-refractivity contribution < 1.29 is 4.39 Å². The quantitative estimate of drug-likeness (QED) is 0.935. The lowest BCUT2D eigenvalue weighted by atomic mass is 10.1. The molecule has 5 heteroatoms. The van der Waals surface area contributed by atoms with Gasteiger partial charge in [0, 0.05) is 23.2 Å². The highest BCUT2D eigenvalue weighted by atomic mass is 32.1. The fourth-order valence-corrected chi connectivity index (χ4v) is 3.39. The number of halogens is 1. The Morgan fingerprint density at radius 2 is 2.30 bits per heavy atom. The van der Waals surface area contributed by atoms with E-state index in [1.807, 2.05) is 11.1 Å². The Morgan fingerprint density at radius 1 is 1.50 bits per heavy atom. The average Bonchev–Trinajstić information content (AvgIpc) is 3.04. The van der Waals surface area contributed by atoms with Crippen molar-refractivity contribution >= 4 is 17.2 Å². The Balaban J connectivity index is 1.88. The Bertz CT molecular complexity index is 665. The molecule has 0 radical (unpaired) electrons. The second-order valence-electron chi connectivity index (χ2n) is 4.97. The van der Waals surface area contributed by atoms with E-state index in [0.29, 0.717) is 17.9 Å². The fourth-order valence-electron chi connectivity index (χ4n) is 2.47. The number of nitrogens with one attached hydrogen (secondary N) is 1. The standard InChI is InChI=1S/C15H16FN3S/c1-3-12-7-18-15(20-12)9(2)19-8-10-4-5-11(16)6-13(10)14(19)17/h4-7,9,17H,3,8H2,1-2H3. The molecule has 1 unspecified atom stereocenters. The maximum Gasteiger partial charge on any atom is 0.129 e. The molecule has 0 amide bonds. The number of hydrogen-bond donors (Lipinski definition) is 1. The highest BCUT2D eigenvalue weighted by molar-refractivity contribution is 7.11. The van der Waals surface area contributed by atoms with Crippen LogP contribution in [0.3, 0.4) is 0 Å². The number of aryl methyl sites for hydroxylation is 1. The van der Waals surface area contributed by atoms with Gasteiger partial charge in [0.1, 0.15) is 16.7 Å². The van der Waals surface area contributed by atoms with E-state index in [0.717, 1.165) is 17.0 Å². The Morgan fingerprint density at radius 3 is 3.00 bits per heavy atom. The lowest BCUT2D eigenvalue weighted by molar-refractivity contribution is 0.340. The van der Waals surface area contributed by atoms with Crippen molar-refractivity contribution in [3.63, 3.8) is 0 Å². The molecule has 1 aliphatic heterocycles. The monoisotopic (exact) mass is 289 g/mol. The minimum atomic E-state index is -0.287. The summed E-state index contributed by atoms with van der Waals surface area (Å²) in [6.45, 7) is 4.81. The summed E-state index contributed by atoms with van der Waals surface area (Å²) in [5, 5.41) is 9.27. The van der Waals surface area contributed by atoms with Crippen molar-refractivity contribution in [1.82, 2.24) is 9.88 Å². The van der Waals surface area contributed by atoms with Gasteiger partial charge in [0.25, 0.3) is 0 Å². The first-order chi connectivity index (χ1) is 9.60. The van der Waals surface area contributed by atoms with Crippen molar-refractivity contribution in [2.24, 2.45) is 0 Å². The second kappa shape index (κ2) is 4.98. The van der Waals surface area contributed by atoms with E-state index < -0.39 is 0 Å². The summed E-state index contributed by atoms with van der Waals surface area (Å²) < 4.78 is 13.3. The molecule has 3 nitrogen and oxygen atoms in total. The third-order valence-electron chi connectivity index (χ3n) is 3.70. The van der Waals surface area contributed by atoms with E-state index in [2.05, 4.69) is 18.8 Å². The van der Waals surface area contributed by atoms with Crippen LogP contribution in [-0.2, 0) is 13.0 Å². The van der Waals surface area contributed by atoms with Gasteiger partial charge in [-0.05, 0) is 31.0 Å². The summed E-state index contributed by atoms with van der Waals surface area (Å²) in [6, 6.07) is 4.72. The molecule has 20 heavy (non-hydrogen) atoms. The van der Waals surface area contributed by atoms with Gasteiger partial charge in [-0.2, -0.15) is 0 Å². The number of rotatable bonds is 3. The van der Waals surface area contributed by atoms with E-state index in [4.69, 9.17) is 5.41 Å². The number of amidine groups is 1. The Labute approximate surface area is 121 Å². The van der Waals surface area contributed by atoms with Crippen LogP contribution in [0.15, 0.2) is 24.4 Å². The van der Waals surface area contributed by atoms with Crippen LogP contribution in [0.1, 0.15) is 40.9 Å². The van der Waals surface area contributed by atoms with Crippen molar-refractivity contribution in [2.75, 3.05) is 0 Å². The maximum absolute atomic E-state index is 13.3. The topological polar surface area (TPSA) is 40.0 Å². The molecule has 0 spiro atoms. The van der Waals surface area contributed by atoms with Gasteiger partial charge in [-0.15, -0.1) is 11.3 Å². The summed E-state index contributed by atoms with van der Waals surface area (Å²) in [7, 11) is 0. The Kier molecular flexibility index (Phi) is 3.30. The van der Waals surface area contributed by atoms with E-state index >= 15 is 0 Å². The van der Waals surface area contributed by atoms with Crippen LogP contribution in [0.4, 0.5) is 4.39 Å². The molecule has 3 rings (SSSR count). The lowest BCUT2D eigenvalue weighted by Crippen LogP contribution is -2.27. The molecular weight excluding hydrogens is 273 g/mol. The number of nitrogens with zero attached hydrogens (tertiary/aromatic N) is 2.